The minimum atomic E-state index is -0.445. The average molecular weight is 314 g/mol. The number of rotatable bonds is 6. The predicted octanol–water partition coefficient (Wildman–Crippen LogP) is 2.90. The number of halogens is 1. The van der Waals surface area contributed by atoms with Gasteiger partial charge >= 0.3 is 0 Å². The molecular weight excluding hydrogens is 286 g/mol. The van der Waals surface area contributed by atoms with Crippen molar-refractivity contribution in [3.63, 3.8) is 0 Å². The number of aliphatic hydroxyl groups excluding tert-OH is 1. The Labute approximate surface area is 133 Å². The van der Waals surface area contributed by atoms with Crippen LogP contribution in [0.5, 0.6) is 0 Å². The van der Waals surface area contributed by atoms with E-state index in [0.29, 0.717) is 6.42 Å². The maximum atomic E-state index is 10.8. The number of aryl methyl sites for hydroxylation is 2. The Morgan fingerprint density at radius 2 is 1.90 bits per heavy atom. The normalized spacial score (nSPS) is 18.4. The van der Waals surface area contributed by atoms with Gasteiger partial charge in [-0.15, -0.1) is 0 Å². The van der Waals surface area contributed by atoms with Crippen molar-refractivity contribution in [2.75, 3.05) is 13.1 Å². The van der Waals surface area contributed by atoms with Gasteiger partial charge in [0.2, 0.25) is 0 Å². The molecule has 1 N–H and O–H groups in total. The first kappa shape index (κ1) is 16.8. The summed E-state index contributed by atoms with van der Waals surface area (Å²) >= 11 is 6.45. The molecule has 120 valence electrons. The van der Waals surface area contributed by atoms with Gasteiger partial charge in [-0.2, -0.15) is 5.10 Å². The molecule has 1 unspecified atom stereocenters. The van der Waals surface area contributed by atoms with Gasteiger partial charge in [-0.3, -0.25) is 9.58 Å². The lowest BCUT2D eigenvalue weighted by molar-refractivity contribution is 0.00231. The summed E-state index contributed by atoms with van der Waals surface area (Å²) in [4.78, 5) is 2.39. The van der Waals surface area contributed by atoms with Gasteiger partial charge < -0.3 is 5.11 Å². The zero-order valence-electron chi connectivity index (χ0n) is 13.7. The van der Waals surface area contributed by atoms with E-state index < -0.39 is 6.10 Å². The quantitative estimate of drug-likeness (QED) is 0.878. The van der Waals surface area contributed by atoms with Gasteiger partial charge in [0.25, 0.3) is 0 Å². The van der Waals surface area contributed by atoms with Gasteiger partial charge in [0.15, 0.2) is 0 Å². The summed E-state index contributed by atoms with van der Waals surface area (Å²) in [5, 5.41) is 16.0. The van der Waals surface area contributed by atoms with Crippen molar-refractivity contribution in [2.45, 2.75) is 71.6 Å². The lowest BCUT2D eigenvalue weighted by Gasteiger charge is -2.39. The SMILES string of the molecule is CCc1nn(CC)c(CC(O)C(C)(C)N2CCCC2)c1Cl. The van der Waals surface area contributed by atoms with Gasteiger partial charge in [0, 0.05) is 18.5 Å². The number of likely N-dealkylation sites (tertiary alicyclic amines) is 1. The largest absolute Gasteiger partial charge is 0.391 e. The summed E-state index contributed by atoms with van der Waals surface area (Å²) in [6.45, 7) is 11.3. The monoisotopic (exact) mass is 313 g/mol. The zero-order valence-corrected chi connectivity index (χ0v) is 14.4. The van der Waals surface area contributed by atoms with Crippen molar-refractivity contribution in [3.05, 3.63) is 16.4 Å². The molecule has 1 fully saturated rings. The van der Waals surface area contributed by atoms with Crippen LogP contribution in [-0.4, -0.2) is 44.5 Å². The Kier molecular flexibility index (Phi) is 5.33. The number of hydrogen-bond donors (Lipinski definition) is 1. The second-order valence-corrected chi connectivity index (χ2v) is 6.82. The topological polar surface area (TPSA) is 41.3 Å². The van der Waals surface area contributed by atoms with E-state index in [9.17, 15) is 5.11 Å². The van der Waals surface area contributed by atoms with Crippen molar-refractivity contribution >= 4 is 11.6 Å². The molecule has 5 heteroatoms. The Morgan fingerprint density at radius 1 is 1.29 bits per heavy atom. The third-order valence-electron chi connectivity index (χ3n) is 4.82. The van der Waals surface area contributed by atoms with E-state index in [-0.39, 0.29) is 5.54 Å². The van der Waals surface area contributed by atoms with Crippen LogP contribution in [0.25, 0.3) is 0 Å². The molecule has 2 heterocycles. The fourth-order valence-electron chi connectivity index (χ4n) is 3.15. The molecule has 0 spiro atoms. The van der Waals surface area contributed by atoms with Crippen LogP contribution in [0.2, 0.25) is 5.02 Å². The fourth-order valence-corrected chi connectivity index (χ4v) is 3.50. The van der Waals surface area contributed by atoms with Crippen LogP contribution in [0.4, 0.5) is 0 Å². The zero-order chi connectivity index (χ0) is 15.6. The first-order valence-corrected chi connectivity index (χ1v) is 8.46. The molecule has 21 heavy (non-hydrogen) atoms. The third-order valence-corrected chi connectivity index (χ3v) is 5.25. The van der Waals surface area contributed by atoms with E-state index in [4.69, 9.17) is 11.6 Å². The summed E-state index contributed by atoms with van der Waals surface area (Å²) in [7, 11) is 0. The molecule has 2 rings (SSSR count). The summed E-state index contributed by atoms with van der Waals surface area (Å²) in [6, 6.07) is 0. The Morgan fingerprint density at radius 3 is 2.43 bits per heavy atom. The maximum absolute atomic E-state index is 10.8. The minimum absolute atomic E-state index is 0.227. The second kappa shape index (κ2) is 6.67. The van der Waals surface area contributed by atoms with Crippen molar-refractivity contribution in [1.29, 1.82) is 0 Å². The van der Waals surface area contributed by atoms with Crippen molar-refractivity contribution in [2.24, 2.45) is 0 Å². The summed E-state index contributed by atoms with van der Waals surface area (Å²) in [5.74, 6) is 0. The highest BCUT2D eigenvalue weighted by Crippen LogP contribution is 2.29. The van der Waals surface area contributed by atoms with Crippen LogP contribution in [0.15, 0.2) is 0 Å². The molecule has 1 aromatic rings. The second-order valence-electron chi connectivity index (χ2n) is 6.44. The van der Waals surface area contributed by atoms with Crippen LogP contribution >= 0.6 is 11.6 Å². The lowest BCUT2D eigenvalue weighted by Crippen LogP contribution is -2.52. The maximum Gasteiger partial charge on any atom is 0.0850 e. The molecule has 0 bridgehead atoms. The molecule has 1 saturated heterocycles. The van der Waals surface area contributed by atoms with Crippen molar-refractivity contribution < 1.29 is 5.11 Å². The molecule has 1 aromatic heterocycles. The highest BCUT2D eigenvalue weighted by atomic mass is 35.5. The van der Waals surface area contributed by atoms with Gasteiger partial charge in [0.05, 0.1) is 22.5 Å². The molecule has 0 amide bonds. The lowest BCUT2D eigenvalue weighted by atomic mass is 9.91. The molecular formula is C16H28ClN3O. The van der Waals surface area contributed by atoms with Crippen LogP contribution < -0.4 is 0 Å². The fraction of sp³-hybridized carbons (Fsp3) is 0.812. The molecule has 1 aliphatic rings. The van der Waals surface area contributed by atoms with Gasteiger partial charge in [-0.05, 0) is 53.1 Å². The molecule has 0 radical (unpaired) electrons. The van der Waals surface area contributed by atoms with E-state index in [2.05, 4.69) is 37.7 Å². The molecule has 0 aliphatic carbocycles. The third kappa shape index (κ3) is 3.27. The Balaban J connectivity index is 2.18. The van der Waals surface area contributed by atoms with E-state index in [1.807, 2.05) is 4.68 Å². The van der Waals surface area contributed by atoms with E-state index in [1.54, 1.807) is 0 Å². The molecule has 1 atom stereocenters. The van der Waals surface area contributed by atoms with E-state index in [1.165, 1.54) is 12.8 Å². The standard InChI is InChI=1S/C16H28ClN3O/c1-5-12-15(17)13(20(6-2)18-12)11-14(21)16(3,4)19-9-7-8-10-19/h14,21H,5-11H2,1-4H3. The van der Waals surface area contributed by atoms with Crippen LogP contribution in [0, 0.1) is 0 Å². The van der Waals surface area contributed by atoms with Crippen LogP contribution in [0.3, 0.4) is 0 Å². The summed E-state index contributed by atoms with van der Waals surface area (Å²) < 4.78 is 1.93. The molecule has 1 aliphatic heterocycles. The first-order valence-electron chi connectivity index (χ1n) is 8.08. The molecule has 0 aromatic carbocycles. The number of nitrogens with zero attached hydrogens (tertiary/aromatic N) is 3. The van der Waals surface area contributed by atoms with E-state index in [0.717, 1.165) is 42.5 Å². The molecule has 0 saturated carbocycles. The Hall–Kier alpha value is -0.580. The summed E-state index contributed by atoms with van der Waals surface area (Å²) in [5.41, 5.74) is 1.67. The molecule has 4 nitrogen and oxygen atoms in total. The van der Waals surface area contributed by atoms with Gasteiger partial charge in [-0.25, -0.2) is 0 Å². The van der Waals surface area contributed by atoms with Crippen molar-refractivity contribution in [3.8, 4) is 0 Å². The number of aliphatic hydroxyl groups is 1. The highest BCUT2D eigenvalue weighted by molar-refractivity contribution is 6.31. The van der Waals surface area contributed by atoms with Crippen LogP contribution in [0.1, 0.15) is 51.9 Å². The first-order chi connectivity index (χ1) is 9.91. The highest BCUT2D eigenvalue weighted by Gasteiger charge is 2.36. The van der Waals surface area contributed by atoms with E-state index >= 15 is 0 Å². The van der Waals surface area contributed by atoms with Gasteiger partial charge in [0.1, 0.15) is 0 Å². The summed E-state index contributed by atoms with van der Waals surface area (Å²) in [6.07, 6.45) is 3.39. The minimum Gasteiger partial charge on any atom is -0.391 e. The van der Waals surface area contributed by atoms with Crippen LogP contribution in [-0.2, 0) is 19.4 Å². The number of aromatic nitrogens is 2. The number of hydrogen-bond acceptors (Lipinski definition) is 3. The smallest absolute Gasteiger partial charge is 0.0850 e. The van der Waals surface area contributed by atoms with Gasteiger partial charge in [-0.1, -0.05) is 18.5 Å². The predicted molar refractivity (Wildman–Crippen MR) is 86.9 cm³/mol. The Bertz CT molecular complexity index is 478. The van der Waals surface area contributed by atoms with Crippen molar-refractivity contribution in [1.82, 2.24) is 14.7 Å². The average Bonchev–Trinajstić information content (AvgIpc) is 3.08.